The van der Waals surface area contributed by atoms with Gasteiger partial charge in [-0.3, -0.25) is 0 Å². The fourth-order valence-corrected chi connectivity index (χ4v) is 2.62. The highest BCUT2D eigenvalue weighted by atomic mass is 16.5. The summed E-state index contributed by atoms with van der Waals surface area (Å²) < 4.78 is 5.77. The van der Waals surface area contributed by atoms with E-state index in [1.807, 2.05) is 6.07 Å². The molecule has 1 aliphatic heterocycles. The summed E-state index contributed by atoms with van der Waals surface area (Å²) >= 11 is 0. The molecule has 2 aromatic rings. The van der Waals surface area contributed by atoms with Gasteiger partial charge in [-0.1, -0.05) is 24.3 Å². The molecule has 0 N–H and O–H groups in total. The molecule has 98 valence electrons. The predicted molar refractivity (Wildman–Crippen MR) is 79.4 cm³/mol. The van der Waals surface area contributed by atoms with E-state index < -0.39 is 0 Å². The van der Waals surface area contributed by atoms with Crippen molar-refractivity contribution in [2.75, 3.05) is 18.1 Å². The van der Waals surface area contributed by atoms with Crippen molar-refractivity contribution in [3.63, 3.8) is 0 Å². The Kier molecular flexibility index (Phi) is 3.41. The van der Waals surface area contributed by atoms with Crippen molar-refractivity contribution in [2.24, 2.45) is 0 Å². The van der Waals surface area contributed by atoms with Crippen molar-refractivity contribution < 1.29 is 4.74 Å². The second-order valence-electron chi connectivity index (χ2n) is 4.82. The van der Waals surface area contributed by atoms with Gasteiger partial charge in [0.05, 0.1) is 6.61 Å². The minimum Gasteiger partial charge on any atom is -0.493 e. The van der Waals surface area contributed by atoms with Crippen molar-refractivity contribution in [1.82, 2.24) is 0 Å². The zero-order chi connectivity index (χ0) is 13.1. The summed E-state index contributed by atoms with van der Waals surface area (Å²) in [7, 11) is 0. The molecular weight excluding hydrogens is 234 g/mol. The number of hydrogen-bond acceptors (Lipinski definition) is 2. The van der Waals surface area contributed by atoms with E-state index in [0.717, 1.165) is 31.7 Å². The highest BCUT2D eigenvalue weighted by Gasteiger charge is 2.13. The Morgan fingerprint density at radius 1 is 1.05 bits per heavy atom. The number of nitrogens with zero attached hydrogens (tertiary/aromatic N) is 1. The third-order valence-corrected chi connectivity index (χ3v) is 3.59. The van der Waals surface area contributed by atoms with Crippen LogP contribution in [0.3, 0.4) is 0 Å². The van der Waals surface area contributed by atoms with Crippen molar-refractivity contribution in [3.8, 4) is 5.75 Å². The lowest BCUT2D eigenvalue weighted by Gasteiger charge is -2.25. The lowest BCUT2D eigenvalue weighted by Crippen LogP contribution is -2.17. The van der Waals surface area contributed by atoms with Crippen LogP contribution in [0.2, 0.25) is 0 Å². The Hall–Kier alpha value is -1.96. The maximum atomic E-state index is 5.77. The highest BCUT2D eigenvalue weighted by molar-refractivity contribution is 5.65. The number of hydrogen-bond donors (Lipinski definition) is 0. The summed E-state index contributed by atoms with van der Waals surface area (Å²) in [5, 5.41) is 0. The fraction of sp³-hybridized carbons (Fsp3) is 0.294. The lowest BCUT2D eigenvalue weighted by atomic mass is 10.1. The molecule has 2 aromatic carbocycles. The smallest absolute Gasteiger partial charge is 0.124 e. The quantitative estimate of drug-likeness (QED) is 0.814. The number of ether oxygens (including phenoxy) is 1. The fourth-order valence-electron chi connectivity index (χ4n) is 2.62. The van der Waals surface area contributed by atoms with Crippen molar-refractivity contribution >= 4 is 11.4 Å². The van der Waals surface area contributed by atoms with Gasteiger partial charge in [-0.05, 0) is 43.5 Å². The first kappa shape index (κ1) is 12.1. The predicted octanol–water partition coefficient (Wildman–Crippen LogP) is 4.17. The third-order valence-electron chi connectivity index (χ3n) is 3.59. The Balaban J connectivity index is 1.96. The second-order valence-corrected chi connectivity index (χ2v) is 4.82. The van der Waals surface area contributed by atoms with Crippen LogP contribution in [-0.4, -0.2) is 13.2 Å². The zero-order valence-corrected chi connectivity index (χ0v) is 11.3. The maximum absolute atomic E-state index is 5.77. The molecule has 0 spiro atoms. The van der Waals surface area contributed by atoms with Crippen LogP contribution in [-0.2, 0) is 6.42 Å². The van der Waals surface area contributed by atoms with Gasteiger partial charge in [0.15, 0.2) is 0 Å². The first-order chi connectivity index (χ1) is 9.38. The van der Waals surface area contributed by atoms with E-state index in [0.29, 0.717) is 0 Å². The molecule has 0 amide bonds. The number of rotatable bonds is 3. The van der Waals surface area contributed by atoms with E-state index in [2.05, 4.69) is 54.3 Å². The summed E-state index contributed by atoms with van der Waals surface area (Å²) in [6.45, 7) is 3.96. The first-order valence-corrected chi connectivity index (χ1v) is 6.97. The molecule has 0 aromatic heterocycles. The average molecular weight is 253 g/mol. The van der Waals surface area contributed by atoms with Crippen LogP contribution in [0.25, 0.3) is 0 Å². The number of anilines is 2. The van der Waals surface area contributed by atoms with Crippen molar-refractivity contribution in [2.45, 2.75) is 19.8 Å². The minimum atomic E-state index is 0.841. The van der Waals surface area contributed by atoms with Gasteiger partial charge in [0.2, 0.25) is 0 Å². The summed E-state index contributed by atoms with van der Waals surface area (Å²) in [5.41, 5.74) is 3.76. The molecule has 19 heavy (non-hydrogen) atoms. The van der Waals surface area contributed by atoms with E-state index >= 15 is 0 Å². The van der Waals surface area contributed by atoms with Gasteiger partial charge in [0, 0.05) is 24.0 Å². The van der Waals surface area contributed by atoms with Gasteiger partial charge in [-0.25, -0.2) is 0 Å². The van der Waals surface area contributed by atoms with Crippen molar-refractivity contribution in [1.29, 1.82) is 0 Å². The maximum Gasteiger partial charge on any atom is 0.124 e. The number of aryl methyl sites for hydroxylation is 1. The topological polar surface area (TPSA) is 12.5 Å². The van der Waals surface area contributed by atoms with Gasteiger partial charge in [-0.2, -0.15) is 0 Å². The molecule has 0 fully saturated rings. The standard InChI is InChI=1S/C17H19NO/c1-2-18(15-8-4-3-5-9-15)16-11-10-14-7-6-12-19-17(14)13-16/h3-5,8-11,13H,2,6-7,12H2,1H3. The molecule has 1 heterocycles. The Labute approximate surface area is 114 Å². The highest BCUT2D eigenvalue weighted by Crippen LogP contribution is 2.32. The molecule has 0 saturated carbocycles. The van der Waals surface area contributed by atoms with Crippen LogP contribution in [0, 0.1) is 0 Å². The van der Waals surface area contributed by atoms with Crippen LogP contribution in [0.5, 0.6) is 5.75 Å². The van der Waals surface area contributed by atoms with Gasteiger partial charge in [0.1, 0.15) is 5.75 Å². The van der Waals surface area contributed by atoms with E-state index in [9.17, 15) is 0 Å². The van der Waals surface area contributed by atoms with Gasteiger partial charge < -0.3 is 9.64 Å². The van der Waals surface area contributed by atoms with Crippen LogP contribution < -0.4 is 9.64 Å². The minimum absolute atomic E-state index is 0.841. The molecule has 0 aliphatic carbocycles. The molecule has 0 unspecified atom stereocenters. The van der Waals surface area contributed by atoms with Gasteiger partial charge in [-0.15, -0.1) is 0 Å². The van der Waals surface area contributed by atoms with E-state index in [4.69, 9.17) is 4.74 Å². The van der Waals surface area contributed by atoms with Gasteiger partial charge >= 0.3 is 0 Å². The normalized spacial score (nSPS) is 13.5. The Morgan fingerprint density at radius 2 is 1.89 bits per heavy atom. The van der Waals surface area contributed by atoms with E-state index in [-0.39, 0.29) is 0 Å². The molecular formula is C17H19NO. The summed E-state index contributed by atoms with van der Waals surface area (Å²) in [4.78, 5) is 2.30. The number of benzene rings is 2. The molecule has 0 saturated heterocycles. The largest absolute Gasteiger partial charge is 0.493 e. The molecule has 2 nitrogen and oxygen atoms in total. The average Bonchev–Trinajstić information content (AvgIpc) is 2.49. The third kappa shape index (κ3) is 2.43. The van der Waals surface area contributed by atoms with Gasteiger partial charge in [0.25, 0.3) is 0 Å². The number of fused-ring (bicyclic) bond motifs is 1. The van der Waals surface area contributed by atoms with E-state index in [1.165, 1.54) is 16.9 Å². The monoisotopic (exact) mass is 253 g/mol. The Bertz CT molecular complexity index is 550. The summed E-state index contributed by atoms with van der Waals surface area (Å²) in [6, 6.07) is 17.1. The summed E-state index contributed by atoms with van der Waals surface area (Å²) in [6.07, 6.45) is 2.26. The van der Waals surface area contributed by atoms with Crippen molar-refractivity contribution in [3.05, 3.63) is 54.1 Å². The van der Waals surface area contributed by atoms with Crippen LogP contribution >= 0.6 is 0 Å². The molecule has 1 aliphatic rings. The van der Waals surface area contributed by atoms with Crippen LogP contribution in [0.15, 0.2) is 48.5 Å². The molecule has 0 bridgehead atoms. The lowest BCUT2D eigenvalue weighted by molar-refractivity contribution is 0.288. The second kappa shape index (κ2) is 5.35. The first-order valence-electron chi connectivity index (χ1n) is 6.97. The molecule has 0 radical (unpaired) electrons. The molecule has 2 heteroatoms. The van der Waals surface area contributed by atoms with E-state index in [1.54, 1.807) is 0 Å². The summed E-state index contributed by atoms with van der Waals surface area (Å²) in [5.74, 6) is 1.05. The zero-order valence-electron chi connectivity index (χ0n) is 11.3. The Morgan fingerprint density at radius 3 is 2.68 bits per heavy atom. The SMILES string of the molecule is CCN(c1ccccc1)c1ccc2c(c1)OCCC2. The molecule has 3 rings (SSSR count). The number of para-hydroxylation sites is 1. The van der Waals surface area contributed by atoms with Crippen LogP contribution in [0.4, 0.5) is 11.4 Å². The molecule has 0 atom stereocenters. The van der Waals surface area contributed by atoms with Crippen LogP contribution in [0.1, 0.15) is 18.9 Å².